The van der Waals surface area contributed by atoms with Gasteiger partial charge < -0.3 is 14.4 Å². The Morgan fingerprint density at radius 1 is 1.44 bits per heavy atom. The predicted molar refractivity (Wildman–Crippen MR) is 63.2 cm³/mol. The summed E-state index contributed by atoms with van der Waals surface area (Å²) >= 11 is 0. The van der Waals surface area contributed by atoms with E-state index in [1.165, 1.54) is 6.07 Å². The topological polar surface area (TPSA) is 72.6 Å². The van der Waals surface area contributed by atoms with Crippen LogP contribution in [0.1, 0.15) is 27.4 Å². The molecule has 18 heavy (non-hydrogen) atoms. The highest BCUT2D eigenvalue weighted by atomic mass is 16.5. The van der Waals surface area contributed by atoms with Gasteiger partial charge in [0.25, 0.3) is 0 Å². The SMILES string of the molecule is Cc1cc(COC(=O)c2cccc(C)c2O)no1. The van der Waals surface area contributed by atoms with Gasteiger partial charge in [-0.3, -0.25) is 0 Å². The molecule has 1 heterocycles. The van der Waals surface area contributed by atoms with Crippen LogP contribution in [0.15, 0.2) is 28.8 Å². The molecule has 0 aliphatic rings. The van der Waals surface area contributed by atoms with Crippen molar-refractivity contribution in [3.63, 3.8) is 0 Å². The van der Waals surface area contributed by atoms with Crippen molar-refractivity contribution in [1.82, 2.24) is 5.16 Å². The van der Waals surface area contributed by atoms with Crippen molar-refractivity contribution < 1.29 is 19.2 Å². The highest BCUT2D eigenvalue weighted by molar-refractivity contribution is 5.92. The highest BCUT2D eigenvalue weighted by Gasteiger charge is 2.14. The summed E-state index contributed by atoms with van der Waals surface area (Å²) in [6.07, 6.45) is 0. The fourth-order valence-corrected chi connectivity index (χ4v) is 1.53. The number of esters is 1. The zero-order valence-electron chi connectivity index (χ0n) is 10.1. The molecule has 0 aliphatic carbocycles. The first-order valence-electron chi connectivity index (χ1n) is 5.46. The second kappa shape index (κ2) is 4.91. The van der Waals surface area contributed by atoms with Crippen LogP contribution in [0, 0.1) is 13.8 Å². The minimum Gasteiger partial charge on any atom is -0.507 e. The van der Waals surface area contributed by atoms with E-state index < -0.39 is 5.97 Å². The van der Waals surface area contributed by atoms with Gasteiger partial charge in [-0.1, -0.05) is 17.3 Å². The van der Waals surface area contributed by atoms with Gasteiger partial charge >= 0.3 is 5.97 Å². The first-order valence-corrected chi connectivity index (χ1v) is 5.46. The van der Waals surface area contributed by atoms with E-state index in [0.29, 0.717) is 17.0 Å². The monoisotopic (exact) mass is 247 g/mol. The molecule has 0 spiro atoms. The van der Waals surface area contributed by atoms with Gasteiger partial charge in [-0.05, 0) is 25.5 Å². The molecule has 0 aliphatic heterocycles. The molecule has 0 atom stereocenters. The summed E-state index contributed by atoms with van der Waals surface area (Å²) in [7, 11) is 0. The molecule has 94 valence electrons. The van der Waals surface area contributed by atoms with Crippen molar-refractivity contribution in [2.75, 3.05) is 0 Å². The Morgan fingerprint density at radius 3 is 2.89 bits per heavy atom. The number of para-hydroxylation sites is 1. The summed E-state index contributed by atoms with van der Waals surface area (Å²) in [5, 5.41) is 13.4. The molecular weight excluding hydrogens is 234 g/mol. The van der Waals surface area contributed by atoms with Crippen molar-refractivity contribution in [3.8, 4) is 5.75 Å². The van der Waals surface area contributed by atoms with Gasteiger partial charge in [0.05, 0.1) is 0 Å². The molecule has 1 N–H and O–H groups in total. The standard InChI is InChI=1S/C13H13NO4/c1-8-4-3-5-11(12(8)15)13(16)17-7-10-6-9(2)18-14-10/h3-6,15H,7H2,1-2H3. The summed E-state index contributed by atoms with van der Waals surface area (Å²) in [6.45, 7) is 3.49. The normalized spacial score (nSPS) is 10.3. The second-order valence-corrected chi connectivity index (χ2v) is 3.98. The number of benzene rings is 1. The smallest absolute Gasteiger partial charge is 0.342 e. The summed E-state index contributed by atoms with van der Waals surface area (Å²) in [5.74, 6) is 0.00939. The molecule has 0 saturated carbocycles. The molecule has 0 bridgehead atoms. The van der Waals surface area contributed by atoms with E-state index in [2.05, 4.69) is 5.16 Å². The molecule has 0 amide bonds. The van der Waals surface area contributed by atoms with Crippen LogP contribution >= 0.6 is 0 Å². The number of phenolic OH excluding ortho intramolecular Hbond substituents is 1. The summed E-state index contributed by atoms with van der Waals surface area (Å²) in [6, 6.07) is 6.60. The van der Waals surface area contributed by atoms with Crippen LogP contribution in [-0.4, -0.2) is 16.2 Å². The van der Waals surface area contributed by atoms with Crippen LogP contribution < -0.4 is 0 Å². The summed E-state index contributed by atoms with van der Waals surface area (Å²) in [5.41, 5.74) is 1.31. The molecule has 2 rings (SSSR count). The number of aryl methyl sites for hydroxylation is 2. The molecular formula is C13H13NO4. The van der Waals surface area contributed by atoms with Crippen molar-refractivity contribution in [3.05, 3.63) is 46.8 Å². The number of rotatable bonds is 3. The number of carbonyl (C=O) groups is 1. The van der Waals surface area contributed by atoms with E-state index in [-0.39, 0.29) is 17.9 Å². The Morgan fingerprint density at radius 2 is 2.22 bits per heavy atom. The summed E-state index contributed by atoms with van der Waals surface area (Å²) < 4.78 is 9.90. The van der Waals surface area contributed by atoms with Crippen molar-refractivity contribution in [2.45, 2.75) is 20.5 Å². The van der Waals surface area contributed by atoms with Gasteiger partial charge in [-0.25, -0.2) is 4.79 Å². The molecule has 5 heteroatoms. The molecule has 5 nitrogen and oxygen atoms in total. The van der Waals surface area contributed by atoms with Crippen LogP contribution in [0.25, 0.3) is 0 Å². The number of carbonyl (C=O) groups excluding carboxylic acids is 1. The van der Waals surface area contributed by atoms with E-state index >= 15 is 0 Å². The number of phenols is 1. The highest BCUT2D eigenvalue weighted by Crippen LogP contribution is 2.22. The third-order valence-electron chi connectivity index (χ3n) is 2.49. The summed E-state index contributed by atoms with van der Waals surface area (Å²) in [4.78, 5) is 11.8. The minimum absolute atomic E-state index is 0.0174. The maximum atomic E-state index is 11.8. The van der Waals surface area contributed by atoms with E-state index in [1.54, 1.807) is 32.0 Å². The molecule has 1 aromatic heterocycles. The van der Waals surface area contributed by atoms with Gasteiger partial charge in [-0.15, -0.1) is 0 Å². The van der Waals surface area contributed by atoms with Crippen LogP contribution in [0.5, 0.6) is 5.75 Å². The zero-order valence-corrected chi connectivity index (χ0v) is 10.1. The number of aromatic hydroxyl groups is 1. The first kappa shape index (κ1) is 12.2. The molecule has 0 saturated heterocycles. The molecule has 0 unspecified atom stereocenters. The zero-order chi connectivity index (χ0) is 13.1. The molecule has 0 fully saturated rings. The van der Waals surface area contributed by atoms with Crippen LogP contribution in [0.4, 0.5) is 0 Å². The molecule has 2 aromatic rings. The van der Waals surface area contributed by atoms with E-state index in [9.17, 15) is 9.90 Å². The third kappa shape index (κ3) is 2.51. The predicted octanol–water partition coefficient (Wildman–Crippen LogP) is 2.35. The van der Waals surface area contributed by atoms with Crippen molar-refractivity contribution in [1.29, 1.82) is 0 Å². The second-order valence-electron chi connectivity index (χ2n) is 3.98. The van der Waals surface area contributed by atoms with Gasteiger partial charge in [0, 0.05) is 6.07 Å². The lowest BCUT2D eigenvalue weighted by Gasteiger charge is -2.06. The third-order valence-corrected chi connectivity index (χ3v) is 2.49. The Hall–Kier alpha value is -2.30. The fraction of sp³-hybridized carbons (Fsp3) is 0.231. The lowest BCUT2D eigenvalue weighted by Crippen LogP contribution is -2.06. The lowest BCUT2D eigenvalue weighted by molar-refractivity contribution is 0.0461. The van der Waals surface area contributed by atoms with Crippen LogP contribution in [-0.2, 0) is 11.3 Å². The Labute approximate surface area is 104 Å². The Bertz CT molecular complexity index is 574. The number of hydrogen-bond acceptors (Lipinski definition) is 5. The number of ether oxygens (including phenoxy) is 1. The Kier molecular flexibility index (Phi) is 3.32. The maximum absolute atomic E-state index is 11.8. The number of aromatic nitrogens is 1. The van der Waals surface area contributed by atoms with Crippen LogP contribution in [0.3, 0.4) is 0 Å². The average molecular weight is 247 g/mol. The first-order chi connectivity index (χ1) is 8.58. The van der Waals surface area contributed by atoms with Crippen molar-refractivity contribution in [2.24, 2.45) is 0 Å². The Balaban J connectivity index is 2.06. The van der Waals surface area contributed by atoms with Crippen molar-refractivity contribution >= 4 is 5.97 Å². The van der Waals surface area contributed by atoms with Gasteiger partial charge in [0.2, 0.25) is 0 Å². The number of nitrogens with zero attached hydrogens (tertiary/aromatic N) is 1. The van der Waals surface area contributed by atoms with Gasteiger partial charge in [0.15, 0.2) is 0 Å². The van der Waals surface area contributed by atoms with Crippen LogP contribution in [0.2, 0.25) is 0 Å². The molecule has 1 aromatic carbocycles. The van der Waals surface area contributed by atoms with E-state index in [1.807, 2.05) is 0 Å². The van der Waals surface area contributed by atoms with Gasteiger partial charge in [0.1, 0.15) is 29.4 Å². The average Bonchev–Trinajstić information content (AvgIpc) is 2.76. The minimum atomic E-state index is -0.586. The van der Waals surface area contributed by atoms with E-state index in [4.69, 9.17) is 9.26 Å². The maximum Gasteiger partial charge on any atom is 0.342 e. The quantitative estimate of drug-likeness (QED) is 0.843. The molecule has 0 radical (unpaired) electrons. The number of hydrogen-bond donors (Lipinski definition) is 1. The largest absolute Gasteiger partial charge is 0.507 e. The lowest BCUT2D eigenvalue weighted by atomic mass is 10.1. The van der Waals surface area contributed by atoms with E-state index in [0.717, 1.165) is 0 Å². The fourth-order valence-electron chi connectivity index (χ4n) is 1.53. The van der Waals surface area contributed by atoms with Gasteiger partial charge in [-0.2, -0.15) is 0 Å².